The summed E-state index contributed by atoms with van der Waals surface area (Å²) < 4.78 is 1.60. The Bertz CT molecular complexity index is 619. The Hall–Kier alpha value is -2.14. The van der Waals surface area contributed by atoms with Gasteiger partial charge in [0.15, 0.2) is 0 Å². The number of hydrogen-bond acceptors (Lipinski definition) is 3. The summed E-state index contributed by atoms with van der Waals surface area (Å²) in [7, 11) is 1.77. The van der Waals surface area contributed by atoms with Crippen LogP contribution in [-0.4, -0.2) is 22.2 Å². The van der Waals surface area contributed by atoms with Gasteiger partial charge in [0.2, 0.25) is 0 Å². The minimum absolute atomic E-state index is 0.00628. The van der Waals surface area contributed by atoms with Crippen molar-refractivity contribution in [1.29, 1.82) is 0 Å². The number of benzene rings is 1. The molecule has 3 rings (SSSR count). The second-order valence-corrected chi connectivity index (χ2v) is 4.75. The quantitative estimate of drug-likeness (QED) is 0.840. The molecule has 0 aliphatic carbocycles. The smallest absolute Gasteiger partial charge is 0.276 e. The molecule has 1 unspecified atom stereocenters. The number of aryl methyl sites for hydroxylation is 1. The van der Waals surface area contributed by atoms with Gasteiger partial charge in [0.1, 0.15) is 5.69 Å². The Morgan fingerprint density at radius 1 is 1.37 bits per heavy atom. The van der Waals surface area contributed by atoms with Crippen molar-refractivity contribution in [2.45, 2.75) is 12.5 Å². The Morgan fingerprint density at radius 3 is 2.89 bits per heavy atom. The lowest BCUT2D eigenvalue weighted by Gasteiger charge is -2.32. The minimum Gasteiger partial charge on any atom is -0.324 e. The summed E-state index contributed by atoms with van der Waals surface area (Å²) in [6.07, 6.45) is 2.41. The topological polar surface area (TPSA) is 64.2 Å². The van der Waals surface area contributed by atoms with Crippen molar-refractivity contribution in [3.8, 4) is 0 Å². The van der Waals surface area contributed by atoms with Gasteiger partial charge in [-0.15, -0.1) is 0 Å². The third-order valence-electron chi connectivity index (χ3n) is 3.58. The van der Waals surface area contributed by atoms with E-state index < -0.39 is 0 Å². The summed E-state index contributed by atoms with van der Waals surface area (Å²) in [6, 6.07) is 9.56. The molecule has 0 radical (unpaired) electrons. The Labute approximate surface area is 111 Å². The van der Waals surface area contributed by atoms with Gasteiger partial charge in [-0.3, -0.25) is 9.48 Å². The molecular formula is C14H16N4O. The first kappa shape index (κ1) is 11.9. The van der Waals surface area contributed by atoms with Crippen molar-refractivity contribution < 1.29 is 4.79 Å². The number of hydrogen-bond donors (Lipinski definition) is 1. The number of fused-ring (bicyclic) bond motifs is 1. The third-order valence-corrected chi connectivity index (χ3v) is 3.58. The first-order chi connectivity index (χ1) is 9.18. The monoisotopic (exact) mass is 256 g/mol. The summed E-state index contributed by atoms with van der Waals surface area (Å²) in [5.41, 5.74) is 8.63. The zero-order valence-electron chi connectivity index (χ0n) is 10.8. The number of nitrogens with zero attached hydrogens (tertiary/aromatic N) is 3. The van der Waals surface area contributed by atoms with Crippen LogP contribution in [-0.2, 0) is 7.05 Å². The van der Waals surface area contributed by atoms with Gasteiger partial charge in [0, 0.05) is 31.5 Å². The molecule has 19 heavy (non-hydrogen) atoms. The molecule has 0 saturated heterocycles. The van der Waals surface area contributed by atoms with Crippen LogP contribution in [0, 0.1) is 0 Å². The second-order valence-electron chi connectivity index (χ2n) is 4.75. The van der Waals surface area contributed by atoms with E-state index in [1.807, 2.05) is 24.3 Å². The van der Waals surface area contributed by atoms with Crippen LogP contribution < -0.4 is 10.6 Å². The summed E-state index contributed by atoms with van der Waals surface area (Å²) in [6.45, 7) is 0.641. The van der Waals surface area contributed by atoms with Crippen LogP contribution in [0.4, 0.5) is 5.69 Å². The highest BCUT2D eigenvalue weighted by atomic mass is 16.2. The molecule has 5 heteroatoms. The van der Waals surface area contributed by atoms with E-state index in [4.69, 9.17) is 5.73 Å². The van der Waals surface area contributed by atoms with Gasteiger partial charge in [-0.2, -0.15) is 5.10 Å². The molecule has 2 heterocycles. The molecule has 1 atom stereocenters. The van der Waals surface area contributed by atoms with Crippen molar-refractivity contribution in [2.75, 3.05) is 11.4 Å². The van der Waals surface area contributed by atoms with E-state index >= 15 is 0 Å². The Balaban J connectivity index is 2.01. The fraction of sp³-hybridized carbons (Fsp3) is 0.286. The normalized spacial score (nSPS) is 18.2. The van der Waals surface area contributed by atoms with Crippen LogP contribution in [0.2, 0.25) is 0 Å². The first-order valence-electron chi connectivity index (χ1n) is 6.33. The molecule has 1 aliphatic rings. The predicted molar refractivity (Wildman–Crippen MR) is 72.9 cm³/mol. The van der Waals surface area contributed by atoms with Gasteiger partial charge in [0.25, 0.3) is 5.91 Å². The zero-order valence-corrected chi connectivity index (χ0v) is 10.8. The second kappa shape index (κ2) is 4.51. The van der Waals surface area contributed by atoms with Crippen molar-refractivity contribution in [3.63, 3.8) is 0 Å². The molecule has 1 aromatic carbocycles. The van der Waals surface area contributed by atoms with Gasteiger partial charge >= 0.3 is 0 Å². The summed E-state index contributed by atoms with van der Waals surface area (Å²) in [4.78, 5) is 14.4. The highest BCUT2D eigenvalue weighted by Crippen LogP contribution is 2.32. The molecular weight excluding hydrogens is 240 g/mol. The number of anilines is 1. The van der Waals surface area contributed by atoms with E-state index in [1.165, 1.54) is 0 Å². The van der Waals surface area contributed by atoms with Gasteiger partial charge in [-0.25, -0.2) is 0 Å². The molecule has 0 saturated carbocycles. The zero-order chi connectivity index (χ0) is 13.4. The van der Waals surface area contributed by atoms with Crippen molar-refractivity contribution >= 4 is 11.6 Å². The molecule has 1 amide bonds. The van der Waals surface area contributed by atoms with Crippen LogP contribution in [0.5, 0.6) is 0 Å². The Morgan fingerprint density at radius 2 is 2.16 bits per heavy atom. The number of carbonyl (C=O) groups is 1. The fourth-order valence-electron chi connectivity index (χ4n) is 2.52. The lowest BCUT2D eigenvalue weighted by molar-refractivity contribution is 0.0975. The van der Waals surface area contributed by atoms with Crippen LogP contribution in [0.25, 0.3) is 0 Å². The SMILES string of the molecule is Cn1nccc1C(=O)N1CCC(N)c2ccccc21. The lowest BCUT2D eigenvalue weighted by Crippen LogP contribution is -2.39. The number of amides is 1. The predicted octanol–water partition coefficient (Wildman–Crippen LogP) is 1.47. The molecule has 98 valence electrons. The Kier molecular flexibility index (Phi) is 2.83. The largest absolute Gasteiger partial charge is 0.324 e. The lowest BCUT2D eigenvalue weighted by atomic mass is 9.97. The van der Waals surface area contributed by atoms with E-state index in [0.29, 0.717) is 12.2 Å². The fourth-order valence-corrected chi connectivity index (χ4v) is 2.52. The molecule has 5 nitrogen and oxygen atoms in total. The standard InChI is InChI=1S/C14H16N4O/c1-17-13(6-8-16-17)14(19)18-9-7-11(15)10-4-2-3-5-12(10)18/h2-6,8,11H,7,9,15H2,1H3. The molecule has 0 bridgehead atoms. The van der Waals surface area contributed by atoms with E-state index in [1.54, 1.807) is 28.9 Å². The highest BCUT2D eigenvalue weighted by Gasteiger charge is 2.28. The van der Waals surface area contributed by atoms with Crippen molar-refractivity contribution in [2.24, 2.45) is 12.8 Å². The molecule has 1 aromatic heterocycles. The van der Waals surface area contributed by atoms with Crippen LogP contribution in [0.3, 0.4) is 0 Å². The summed E-state index contributed by atoms with van der Waals surface area (Å²) >= 11 is 0. The number of para-hydroxylation sites is 1. The molecule has 1 aliphatic heterocycles. The molecule has 0 spiro atoms. The van der Waals surface area contributed by atoms with Crippen LogP contribution in [0.15, 0.2) is 36.5 Å². The van der Waals surface area contributed by atoms with E-state index in [9.17, 15) is 4.79 Å². The maximum absolute atomic E-state index is 12.6. The van der Waals surface area contributed by atoms with Crippen molar-refractivity contribution in [1.82, 2.24) is 9.78 Å². The van der Waals surface area contributed by atoms with Gasteiger partial charge in [-0.05, 0) is 24.1 Å². The molecule has 0 fully saturated rings. The van der Waals surface area contributed by atoms with Crippen molar-refractivity contribution in [3.05, 3.63) is 47.8 Å². The number of rotatable bonds is 1. The maximum Gasteiger partial charge on any atom is 0.276 e. The van der Waals surface area contributed by atoms with Gasteiger partial charge in [0.05, 0.1) is 0 Å². The highest BCUT2D eigenvalue weighted by molar-refractivity contribution is 6.05. The van der Waals surface area contributed by atoms with Gasteiger partial charge in [-0.1, -0.05) is 18.2 Å². The number of nitrogens with two attached hydrogens (primary N) is 1. The minimum atomic E-state index is -0.0284. The maximum atomic E-state index is 12.6. The van der Waals surface area contributed by atoms with E-state index in [2.05, 4.69) is 5.10 Å². The van der Waals surface area contributed by atoms with Gasteiger partial charge < -0.3 is 10.6 Å². The first-order valence-corrected chi connectivity index (χ1v) is 6.33. The molecule has 2 aromatic rings. The average molecular weight is 256 g/mol. The third kappa shape index (κ3) is 1.92. The van der Waals surface area contributed by atoms with E-state index in [-0.39, 0.29) is 11.9 Å². The van der Waals surface area contributed by atoms with E-state index in [0.717, 1.165) is 17.7 Å². The average Bonchev–Trinajstić information content (AvgIpc) is 2.85. The molecule has 2 N–H and O–H groups in total. The number of aromatic nitrogens is 2. The number of carbonyl (C=O) groups excluding carboxylic acids is 1. The summed E-state index contributed by atoms with van der Waals surface area (Å²) in [5, 5.41) is 4.05. The van der Waals surface area contributed by atoms with Crippen LogP contribution >= 0.6 is 0 Å². The van der Waals surface area contributed by atoms with Crippen LogP contribution in [0.1, 0.15) is 28.5 Å². The summed E-state index contributed by atoms with van der Waals surface area (Å²) in [5.74, 6) is -0.0284.